The predicted molar refractivity (Wildman–Crippen MR) is 116 cm³/mol. The van der Waals surface area contributed by atoms with Gasteiger partial charge in [0.1, 0.15) is 0 Å². The van der Waals surface area contributed by atoms with Crippen LogP contribution in [0.2, 0.25) is 0 Å². The van der Waals surface area contributed by atoms with Gasteiger partial charge < -0.3 is 4.90 Å². The normalized spacial score (nSPS) is 20.7. The van der Waals surface area contributed by atoms with Gasteiger partial charge in [0, 0.05) is 25.7 Å². The molecule has 28 heavy (non-hydrogen) atoms. The number of likely N-dealkylation sites (tertiary alicyclic amines) is 1. The van der Waals surface area contributed by atoms with E-state index in [1.807, 2.05) is 22.8 Å². The smallest absolute Gasteiger partial charge is 0.303 e. The minimum absolute atomic E-state index is 0.0534. The highest BCUT2D eigenvalue weighted by Crippen LogP contribution is 2.28. The predicted octanol–water partition coefficient (Wildman–Crippen LogP) is 4.43. The van der Waals surface area contributed by atoms with Gasteiger partial charge in [0.15, 0.2) is 0 Å². The van der Waals surface area contributed by atoms with Crippen molar-refractivity contribution in [1.82, 2.24) is 14.0 Å². The lowest BCUT2D eigenvalue weighted by Crippen LogP contribution is -2.40. The summed E-state index contributed by atoms with van der Waals surface area (Å²) in [5, 5.41) is 0. The van der Waals surface area contributed by atoms with Crippen molar-refractivity contribution < 1.29 is 0 Å². The zero-order valence-corrected chi connectivity index (χ0v) is 17.0. The van der Waals surface area contributed by atoms with E-state index in [2.05, 4.69) is 16.9 Å². The van der Waals surface area contributed by atoms with Gasteiger partial charge in [-0.1, -0.05) is 50.2 Å². The molecular weight excluding hydrogens is 346 g/mol. The molecule has 2 aliphatic rings. The molecule has 0 spiro atoms. The summed E-state index contributed by atoms with van der Waals surface area (Å²) in [4.78, 5) is 15.7. The first-order chi connectivity index (χ1) is 13.8. The summed E-state index contributed by atoms with van der Waals surface area (Å²) in [7, 11) is 0. The molecule has 4 rings (SSSR count). The Kier molecular flexibility index (Phi) is 6.22. The number of piperidine rings is 1. The number of rotatable bonds is 4. The third-order valence-corrected chi connectivity index (χ3v) is 6.78. The molecule has 1 saturated heterocycles. The van der Waals surface area contributed by atoms with Crippen LogP contribution < -0.4 is 5.69 Å². The second-order valence-corrected chi connectivity index (χ2v) is 8.67. The zero-order chi connectivity index (χ0) is 19.3. The van der Waals surface area contributed by atoms with E-state index in [0.717, 1.165) is 42.9 Å². The van der Waals surface area contributed by atoms with Gasteiger partial charge in [-0.2, -0.15) is 0 Å². The molecule has 0 unspecified atom stereocenters. The van der Waals surface area contributed by atoms with Crippen LogP contribution in [0.4, 0.5) is 0 Å². The summed E-state index contributed by atoms with van der Waals surface area (Å²) in [6.07, 6.45) is 17.5. The number of hydrogen-bond acceptors (Lipinski definition) is 2. The van der Waals surface area contributed by atoms with Crippen molar-refractivity contribution in [3.8, 4) is 12.3 Å². The molecule has 2 fully saturated rings. The van der Waals surface area contributed by atoms with Crippen molar-refractivity contribution in [3.05, 3.63) is 34.7 Å². The number of benzene rings is 1. The van der Waals surface area contributed by atoms with E-state index in [1.54, 1.807) is 4.57 Å². The maximum absolute atomic E-state index is 13.1. The molecule has 1 aromatic carbocycles. The maximum Gasteiger partial charge on any atom is 0.330 e. The van der Waals surface area contributed by atoms with E-state index in [-0.39, 0.29) is 11.7 Å². The lowest BCUT2D eigenvalue weighted by Gasteiger charge is -2.35. The van der Waals surface area contributed by atoms with Gasteiger partial charge >= 0.3 is 5.69 Å². The monoisotopic (exact) mass is 379 g/mol. The summed E-state index contributed by atoms with van der Waals surface area (Å²) in [5.74, 6) is 3.51. The Hall–Kier alpha value is -1.99. The second kappa shape index (κ2) is 9.01. The van der Waals surface area contributed by atoms with Crippen LogP contribution in [0.1, 0.15) is 63.8 Å². The molecule has 4 heteroatoms. The summed E-state index contributed by atoms with van der Waals surface area (Å²) in [5.41, 5.74) is 2.04. The topological polar surface area (TPSA) is 30.2 Å². The van der Waals surface area contributed by atoms with E-state index >= 15 is 0 Å². The SMILES string of the molecule is C#CCn1c(=O)n(C2CCN(CC3CCCCCCC3)CC2)c2ccccc21. The summed E-state index contributed by atoms with van der Waals surface area (Å²) in [6, 6.07) is 8.35. The summed E-state index contributed by atoms with van der Waals surface area (Å²) < 4.78 is 3.76. The molecule has 2 aromatic rings. The van der Waals surface area contributed by atoms with E-state index in [9.17, 15) is 4.79 Å². The number of para-hydroxylation sites is 2. The third kappa shape index (κ3) is 4.05. The molecule has 4 nitrogen and oxygen atoms in total. The fourth-order valence-corrected chi connectivity index (χ4v) is 5.28. The first-order valence-corrected chi connectivity index (χ1v) is 11.1. The Morgan fingerprint density at radius 3 is 2.25 bits per heavy atom. The fraction of sp³-hybridized carbons (Fsp3) is 0.625. The molecule has 0 bridgehead atoms. The highest BCUT2D eigenvalue weighted by molar-refractivity contribution is 5.76. The van der Waals surface area contributed by atoms with Crippen molar-refractivity contribution in [3.63, 3.8) is 0 Å². The molecule has 2 heterocycles. The van der Waals surface area contributed by atoms with Crippen LogP contribution in [0.5, 0.6) is 0 Å². The Morgan fingerprint density at radius 2 is 1.57 bits per heavy atom. The minimum Gasteiger partial charge on any atom is -0.303 e. The molecule has 0 radical (unpaired) electrons. The Bertz CT molecular complexity index is 871. The lowest BCUT2D eigenvalue weighted by molar-refractivity contribution is 0.152. The average molecular weight is 380 g/mol. The number of terminal acetylenes is 1. The average Bonchev–Trinajstić information content (AvgIpc) is 2.97. The van der Waals surface area contributed by atoms with Crippen LogP contribution in [0.25, 0.3) is 11.0 Å². The number of hydrogen-bond donors (Lipinski definition) is 0. The van der Waals surface area contributed by atoms with Gasteiger partial charge in [-0.05, 0) is 43.7 Å². The highest BCUT2D eigenvalue weighted by atomic mass is 16.1. The lowest BCUT2D eigenvalue weighted by atomic mass is 9.90. The first-order valence-electron chi connectivity index (χ1n) is 11.1. The Balaban J connectivity index is 1.45. The van der Waals surface area contributed by atoms with Crippen LogP contribution in [0, 0.1) is 18.3 Å². The highest BCUT2D eigenvalue weighted by Gasteiger charge is 2.26. The Morgan fingerprint density at radius 1 is 0.929 bits per heavy atom. The van der Waals surface area contributed by atoms with Gasteiger partial charge in [0.25, 0.3) is 0 Å². The van der Waals surface area contributed by atoms with Gasteiger partial charge in [0.2, 0.25) is 0 Å². The number of fused-ring (bicyclic) bond motifs is 1. The zero-order valence-electron chi connectivity index (χ0n) is 17.0. The molecule has 1 aromatic heterocycles. The van der Waals surface area contributed by atoms with Crippen LogP contribution in [0.3, 0.4) is 0 Å². The molecule has 1 aliphatic heterocycles. The van der Waals surface area contributed by atoms with Gasteiger partial charge in [-0.25, -0.2) is 4.79 Å². The van der Waals surface area contributed by atoms with Crippen molar-refractivity contribution in [2.24, 2.45) is 5.92 Å². The molecule has 150 valence electrons. The van der Waals surface area contributed by atoms with Gasteiger partial charge in [0.05, 0.1) is 17.6 Å². The van der Waals surface area contributed by atoms with Crippen LogP contribution in [0.15, 0.2) is 29.1 Å². The molecule has 1 saturated carbocycles. The maximum atomic E-state index is 13.1. The fourth-order valence-electron chi connectivity index (χ4n) is 5.28. The van der Waals surface area contributed by atoms with E-state index < -0.39 is 0 Å². The van der Waals surface area contributed by atoms with Crippen LogP contribution >= 0.6 is 0 Å². The quantitative estimate of drug-likeness (QED) is 0.736. The number of nitrogens with zero attached hydrogens (tertiary/aromatic N) is 3. The molecular formula is C24H33N3O. The van der Waals surface area contributed by atoms with Crippen molar-refractivity contribution in [2.75, 3.05) is 19.6 Å². The number of aromatic nitrogens is 2. The summed E-state index contributed by atoms with van der Waals surface area (Å²) >= 11 is 0. The Labute approximate surface area is 168 Å². The van der Waals surface area contributed by atoms with Crippen molar-refractivity contribution >= 4 is 11.0 Å². The van der Waals surface area contributed by atoms with Gasteiger partial charge in [-0.3, -0.25) is 9.13 Å². The molecule has 1 aliphatic carbocycles. The van der Waals surface area contributed by atoms with E-state index in [0.29, 0.717) is 6.54 Å². The van der Waals surface area contributed by atoms with Crippen molar-refractivity contribution in [1.29, 1.82) is 0 Å². The van der Waals surface area contributed by atoms with E-state index in [1.165, 1.54) is 51.5 Å². The third-order valence-electron chi connectivity index (χ3n) is 6.78. The van der Waals surface area contributed by atoms with E-state index in [4.69, 9.17) is 6.42 Å². The summed E-state index contributed by atoms with van der Waals surface area (Å²) in [6.45, 7) is 3.79. The van der Waals surface area contributed by atoms with Crippen LogP contribution in [-0.2, 0) is 6.54 Å². The molecule has 0 N–H and O–H groups in total. The standard InChI is InChI=1S/C24H33N3O/c1-2-16-26-22-12-8-9-13-23(22)27(24(26)28)21-14-17-25(18-15-21)19-20-10-6-4-3-5-7-11-20/h1,8-9,12-13,20-21H,3-7,10-11,14-19H2. The first kappa shape index (κ1) is 19.3. The van der Waals surface area contributed by atoms with Crippen molar-refractivity contribution in [2.45, 2.75) is 70.4 Å². The number of imidazole rings is 1. The molecule has 0 amide bonds. The largest absolute Gasteiger partial charge is 0.330 e. The van der Waals surface area contributed by atoms with Crippen LogP contribution in [-0.4, -0.2) is 33.7 Å². The van der Waals surface area contributed by atoms with Gasteiger partial charge in [-0.15, -0.1) is 6.42 Å². The second-order valence-electron chi connectivity index (χ2n) is 8.67. The molecule has 0 atom stereocenters. The minimum atomic E-state index is 0.0534.